The van der Waals surface area contributed by atoms with Crippen molar-refractivity contribution < 1.29 is 9.59 Å². The van der Waals surface area contributed by atoms with Crippen LogP contribution in [0.4, 0.5) is 0 Å². The lowest BCUT2D eigenvalue weighted by Crippen LogP contribution is -2.49. The minimum atomic E-state index is -0.197. The first kappa shape index (κ1) is 30.0. The Hall–Kier alpha value is -2.45. The minimum Gasteiger partial charge on any atom is -0.350 e. The number of halogens is 1. The molecule has 0 spiro atoms. The average Bonchev–Trinajstić information content (AvgIpc) is 3.16. The summed E-state index contributed by atoms with van der Waals surface area (Å²) in [5, 5.41) is 9.08. The van der Waals surface area contributed by atoms with E-state index in [1.807, 2.05) is 18.2 Å². The SMILES string of the molecule is CC[C@H](CN1CC[C@@H](CNC(=O)c2ccc3cc(I)ccc3c2)N[C@@H](CCC2CCCCC2)C1=O)c1ccccc1. The van der Waals surface area contributed by atoms with E-state index in [0.717, 1.165) is 48.9 Å². The first-order chi connectivity index (χ1) is 20.0. The van der Waals surface area contributed by atoms with Crippen LogP contribution in [0.5, 0.6) is 0 Å². The summed E-state index contributed by atoms with van der Waals surface area (Å²) in [6.07, 6.45) is 10.4. The van der Waals surface area contributed by atoms with Crippen LogP contribution in [-0.4, -0.2) is 48.4 Å². The van der Waals surface area contributed by atoms with Gasteiger partial charge in [-0.1, -0.05) is 81.5 Å². The first-order valence-electron chi connectivity index (χ1n) is 15.6. The lowest BCUT2D eigenvalue weighted by molar-refractivity contribution is -0.133. The van der Waals surface area contributed by atoms with E-state index < -0.39 is 0 Å². The molecule has 1 saturated heterocycles. The molecule has 1 aliphatic heterocycles. The van der Waals surface area contributed by atoms with E-state index in [4.69, 9.17) is 0 Å². The van der Waals surface area contributed by atoms with Crippen LogP contribution in [0.2, 0.25) is 0 Å². The van der Waals surface area contributed by atoms with Gasteiger partial charge in [0.2, 0.25) is 5.91 Å². The van der Waals surface area contributed by atoms with Gasteiger partial charge in [-0.2, -0.15) is 0 Å². The number of hydrogen-bond donors (Lipinski definition) is 2. The third-order valence-electron chi connectivity index (χ3n) is 9.16. The summed E-state index contributed by atoms with van der Waals surface area (Å²) in [7, 11) is 0. The quantitative estimate of drug-likeness (QED) is 0.224. The number of carbonyl (C=O) groups excluding carboxylic acids is 2. The third kappa shape index (κ3) is 8.10. The third-order valence-corrected chi connectivity index (χ3v) is 9.83. The van der Waals surface area contributed by atoms with Gasteiger partial charge in [0.05, 0.1) is 6.04 Å². The zero-order chi connectivity index (χ0) is 28.6. The number of amides is 2. The molecule has 0 radical (unpaired) electrons. The smallest absolute Gasteiger partial charge is 0.251 e. The van der Waals surface area contributed by atoms with Crippen molar-refractivity contribution in [2.75, 3.05) is 19.6 Å². The maximum atomic E-state index is 13.9. The molecule has 41 heavy (non-hydrogen) atoms. The summed E-state index contributed by atoms with van der Waals surface area (Å²) >= 11 is 2.31. The Labute approximate surface area is 259 Å². The van der Waals surface area contributed by atoms with Crippen LogP contribution >= 0.6 is 22.6 Å². The summed E-state index contributed by atoms with van der Waals surface area (Å²) in [4.78, 5) is 29.2. The van der Waals surface area contributed by atoms with E-state index in [2.05, 4.69) is 93.6 Å². The average molecular weight is 666 g/mol. The van der Waals surface area contributed by atoms with Crippen LogP contribution in [0.25, 0.3) is 10.8 Å². The highest BCUT2D eigenvalue weighted by Crippen LogP contribution is 2.29. The van der Waals surface area contributed by atoms with Gasteiger partial charge in [-0.15, -0.1) is 0 Å². The number of hydrogen-bond acceptors (Lipinski definition) is 3. The number of nitrogens with one attached hydrogen (secondary N) is 2. The van der Waals surface area contributed by atoms with Crippen LogP contribution < -0.4 is 10.6 Å². The number of rotatable bonds is 10. The molecule has 1 aliphatic carbocycles. The van der Waals surface area contributed by atoms with E-state index in [1.54, 1.807) is 0 Å². The molecule has 5 nitrogen and oxygen atoms in total. The topological polar surface area (TPSA) is 61.4 Å². The lowest BCUT2D eigenvalue weighted by Gasteiger charge is -2.29. The second kappa shape index (κ2) is 14.6. The van der Waals surface area contributed by atoms with Crippen LogP contribution in [0.1, 0.15) is 86.6 Å². The molecule has 2 aliphatic rings. The Balaban J connectivity index is 1.26. The molecular weight excluding hydrogens is 621 g/mol. The van der Waals surface area contributed by atoms with Crippen molar-refractivity contribution in [3.8, 4) is 0 Å². The zero-order valence-corrected chi connectivity index (χ0v) is 26.4. The Kier molecular flexibility index (Phi) is 10.7. The van der Waals surface area contributed by atoms with Crippen molar-refractivity contribution in [1.82, 2.24) is 15.5 Å². The van der Waals surface area contributed by atoms with Crippen molar-refractivity contribution in [2.24, 2.45) is 5.92 Å². The normalized spacial score (nSPS) is 21.0. The molecule has 2 N–H and O–H groups in total. The van der Waals surface area contributed by atoms with Gasteiger partial charge in [-0.3, -0.25) is 9.59 Å². The summed E-state index contributed by atoms with van der Waals surface area (Å²) in [5.74, 6) is 1.23. The molecule has 0 aromatic heterocycles. The van der Waals surface area contributed by atoms with Gasteiger partial charge in [-0.25, -0.2) is 0 Å². The maximum absolute atomic E-state index is 13.9. The van der Waals surface area contributed by atoms with Gasteiger partial charge in [0.1, 0.15) is 0 Å². The summed E-state index contributed by atoms with van der Waals surface area (Å²) in [6, 6.07) is 22.6. The summed E-state index contributed by atoms with van der Waals surface area (Å²) < 4.78 is 1.18. The molecule has 3 atom stereocenters. The fraction of sp³-hybridized carbons (Fsp3) is 0.486. The molecule has 0 bridgehead atoms. The van der Waals surface area contributed by atoms with Crippen LogP contribution in [0, 0.1) is 9.49 Å². The Bertz CT molecular complexity index is 1310. The lowest BCUT2D eigenvalue weighted by atomic mass is 9.85. The Morgan fingerprint density at radius 3 is 2.51 bits per heavy atom. The zero-order valence-electron chi connectivity index (χ0n) is 24.3. The van der Waals surface area contributed by atoms with E-state index in [-0.39, 0.29) is 23.9 Å². The van der Waals surface area contributed by atoms with Crippen molar-refractivity contribution in [3.05, 3.63) is 81.4 Å². The van der Waals surface area contributed by atoms with Gasteiger partial charge in [0.25, 0.3) is 5.91 Å². The maximum Gasteiger partial charge on any atom is 0.251 e. The standard InChI is InChI=1S/C35H44IN3O2/c1-2-26(27-11-7-4-8-12-27)24-39-20-19-32(38-33(35(39)41)18-13-25-9-5-3-6-10-25)23-37-34(40)30-15-14-29-22-31(36)17-16-28(29)21-30/h4,7-8,11-12,14-17,21-22,25-26,32-33,38H,2-3,5-6,9-10,13,18-20,23-24H2,1H3,(H,37,40)/t26-,32+,33+/m1/s1. The summed E-state index contributed by atoms with van der Waals surface area (Å²) in [6.45, 7) is 4.19. The largest absolute Gasteiger partial charge is 0.350 e. The Morgan fingerprint density at radius 1 is 0.976 bits per heavy atom. The number of nitrogens with zero attached hydrogens (tertiary/aromatic N) is 1. The monoisotopic (exact) mass is 665 g/mol. The fourth-order valence-corrected chi connectivity index (χ4v) is 7.16. The predicted molar refractivity (Wildman–Crippen MR) is 176 cm³/mol. The van der Waals surface area contributed by atoms with Crippen LogP contribution in [0.3, 0.4) is 0 Å². The fourth-order valence-electron chi connectivity index (χ4n) is 6.65. The molecule has 218 valence electrons. The van der Waals surface area contributed by atoms with Crippen molar-refractivity contribution in [1.29, 1.82) is 0 Å². The van der Waals surface area contributed by atoms with E-state index in [0.29, 0.717) is 24.6 Å². The highest BCUT2D eigenvalue weighted by Gasteiger charge is 2.32. The molecular formula is C35H44IN3O2. The number of fused-ring (bicyclic) bond motifs is 1. The molecule has 5 rings (SSSR count). The Morgan fingerprint density at radius 2 is 1.73 bits per heavy atom. The minimum absolute atomic E-state index is 0.0584. The van der Waals surface area contributed by atoms with Gasteiger partial charge in [-0.05, 0) is 94.8 Å². The predicted octanol–water partition coefficient (Wildman–Crippen LogP) is 7.29. The second-order valence-corrected chi connectivity index (χ2v) is 13.2. The van der Waals surface area contributed by atoms with Crippen LogP contribution in [0.15, 0.2) is 66.7 Å². The first-order valence-corrected chi connectivity index (χ1v) is 16.7. The van der Waals surface area contributed by atoms with E-state index in [9.17, 15) is 9.59 Å². The van der Waals surface area contributed by atoms with Gasteiger partial charge in [0.15, 0.2) is 0 Å². The molecule has 3 aromatic carbocycles. The second-order valence-electron chi connectivity index (χ2n) is 12.0. The highest BCUT2D eigenvalue weighted by atomic mass is 127. The summed E-state index contributed by atoms with van der Waals surface area (Å²) in [5.41, 5.74) is 1.97. The van der Waals surface area contributed by atoms with Gasteiger partial charge >= 0.3 is 0 Å². The molecule has 2 amide bonds. The van der Waals surface area contributed by atoms with Crippen LogP contribution in [-0.2, 0) is 4.79 Å². The molecule has 6 heteroatoms. The van der Waals surface area contributed by atoms with Crippen molar-refractivity contribution in [2.45, 2.75) is 82.7 Å². The van der Waals surface area contributed by atoms with Gasteiger partial charge in [0, 0.05) is 40.7 Å². The van der Waals surface area contributed by atoms with E-state index in [1.165, 1.54) is 41.2 Å². The molecule has 0 unspecified atom stereocenters. The highest BCUT2D eigenvalue weighted by molar-refractivity contribution is 14.1. The molecule has 1 heterocycles. The molecule has 1 saturated carbocycles. The van der Waals surface area contributed by atoms with Crippen molar-refractivity contribution in [3.63, 3.8) is 0 Å². The number of benzene rings is 3. The van der Waals surface area contributed by atoms with Gasteiger partial charge < -0.3 is 15.5 Å². The molecule has 3 aromatic rings. The van der Waals surface area contributed by atoms with Crippen molar-refractivity contribution >= 4 is 45.2 Å². The molecule has 2 fully saturated rings. The number of carbonyl (C=O) groups is 2. The van der Waals surface area contributed by atoms with E-state index >= 15 is 0 Å².